The number of aliphatic carboxylic acids is 2. The Morgan fingerprint density at radius 2 is 0.864 bits per heavy atom. The first kappa shape index (κ1) is 48.0. The smallest absolute Gasteiger partial charge is 1.00 e. The zero-order chi connectivity index (χ0) is 32.4. The molecule has 0 saturated heterocycles. The van der Waals surface area contributed by atoms with Gasteiger partial charge in [-0.25, -0.2) is 13.8 Å². The first-order chi connectivity index (χ1) is 20.6. The molecule has 0 saturated carbocycles. The Bertz CT molecular complexity index is 778. The summed E-state index contributed by atoms with van der Waals surface area (Å²) in [7, 11) is -4.23. The first-order valence-electron chi connectivity index (χ1n) is 17.4. The van der Waals surface area contributed by atoms with E-state index in [0.29, 0.717) is 12.8 Å². The van der Waals surface area contributed by atoms with E-state index in [1.807, 2.05) is 0 Å². The molecular weight excluding hydrogens is 591 g/mol. The van der Waals surface area contributed by atoms with Gasteiger partial charge in [0.05, 0.1) is 6.61 Å². The molecule has 3 N–H and O–H groups in total. The summed E-state index contributed by atoms with van der Waals surface area (Å²) in [5.74, 6) is -2.30. The number of hydrogen-bond acceptors (Lipinski definition) is 5. The van der Waals surface area contributed by atoms with Crippen molar-refractivity contribution in [3.63, 3.8) is 0 Å². The second-order valence-corrected chi connectivity index (χ2v) is 12.9. The fourth-order valence-electron chi connectivity index (χ4n) is 5.01. The first-order valence-corrected chi connectivity index (χ1v) is 18.8. The van der Waals surface area contributed by atoms with Crippen molar-refractivity contribution in [2.75, 3.05) is 6.61 Å². The van der Waals surface area contributed by atoms with Gasteiger partial charge in [0.1, 0.15) is 0 Å². The molecule has 8 nitrogen and oxygen atoms in total. The van der Waals surface area contributed by atoms with Crippen LogP contribution in [0, 0.1) is 0 Å². The van der Waals surface area contributed by atoms with Crippen molar-refractivity contribution in [3.05, 3.63) is 11.6 Å². The van der Waals surface area contributed by atoms with Crippen LogP contribution in [0.15, 0.2) is 11.6 Å². The molecule has 0 aromatic heterocycles. The van der Waals surface area contributed by atoms with Gasteiger partial charge in [0.25, 0.3) is 0 Å². The standard InChI is InChI=1S/C22H40O4.C12H26O4S.Na.H/c1-2-3-4-5-6-7-8-9-10-11-12-13-14-15-16-17-18-20(22(25)26)19-21(23)24;1-2-3-4-5-6-7-8-9-10-11-12-16-17(13,14)15;;/h19H,2-18H2,1H3,(H,23,24)(H,25,26);2-12H2,1H3,(H,13,14,15);;/q;;+1;-1/b20-19+;;;. The van der Waals surface area contributed by atoms with Crippen molar-refractivity contribution in [1.29, 1.82) is 0 Å². The number of carboxylic acid groups (broad SMARTS) is 2. The van der Waals surface area contributed by atoms with Gasteiger partial charge in [-0.05, 0) is 19.3 Å². The molecule has 0 radical (unpaired) electrons. The van der Waals surface area contributed by atoms with E-state index in [4.69, 9.17) is 14.8 Å². The number of carbonyl (C=O) groups is 2. The quantitative estimate of drug-likeness (QED) is 0.0300. The summed E-state index contributed by atoms with van der Waals surface area (Å²) in [4.78, 5) is 21.4. The minimum atomic E-state index is -4.23. The van der Waals surface area contributed by atoms with Gasteiger partial charge in [-0.1, -0.05) is 168 Å². The van der Waals surface area contributed by atoms with Gasteiger partial charge in [-0.2, -0.15) is 8.42 Å². The van der Waals surface area contributed by atoms with Crippen LogP contribution in [0.5, 0.6) is 0 Å². The summed E-state index contributed by atoms with van der Waals surface area (Å²) in [6, 6.07) is 0. The Morgan fingerprint density at radius 1 is 0.568 bits per heavy atom. The average molecular weight is 659 g/mol. The molecule has 0 amide bonds. The van der Waals surface area contributed by atoms with Gasteiger partial charge >= 0.3 is 51.9 Å². The van der Waals surface area contributed by atoms with E-state index in [9.17, 15) is 18.0 Å². The topological polar surface area (TPSA) is 138 Å². The maximum absolute atomic E-state index is 10.9. The van der Waals surface area contributed by atoms with Gasteiger partial charge in [0.2, 0.25) is 0 Å². The van der Waals surface area contributed by atoms with E-state index in [1.54, 1.807) is 0 Å². The summed E-state index contributed by atoms with van der Waals surface area (Å²) in [6.45, 7) is 4.57. The molecule has 0 aliphatic rings. The van der Waals surface area contributed by atoms with Crippen molar-refractivity contribution in [1.82, 2.24) is 0 Å². The van der Waals surface area contributed by atoms with Crippen LogP contribution in [0.1, 0.15) is 189 Å². The normalized spacial score (nSPS) is 11.5. The summed E-state index contributed by atoms with van der Waals surface area (Å²) in [5.41, 5.74) is 0.00265. The van der Waals surface area contributed by atoms with Crippen LogP contribution in [-0.2, 0) is 24.2 Å². The number of carboxylic acids is 2. The molecule has 0 rings (SSSR count). The summed E-state index contributed by atoms with van der Waals surface area (Å²) < 4.78 is 33.0. The molecule has 10 heteroatoms. The van der Waals surface area contributed by atoms with Gasteiger partial charge in [-0.3, -0.25) is 4.55 Å². The summed E-state index contributed by atoms with van der Waals surface area (Å²) in [6.07, 6.45) is 33.4. The maximum atomic E-state index is 10.9. The van der Waals surface area contributed by atoms with E-state index in [1.165, 1.54) is 128 Å². The molecule has 0 heterocycles. The second-order valence-electron chi connectivity index (χ2n) is 11.8. The molecular formula is C34H67NaO8S. The van der Waals surface area contributed by atoms with Gasteiger partial charge in [0, 0.05) is 11.6 Å². The minimum absolute atomic E-state index is 0. The van der Waals surface area contributed by atoms with Crippen LogP contribution in [0.3, 0.4) is 0 Å². The van der Waals surface area contributed by atoms with Crippen LogP contribution in [0.25, 0.3) is 0 Å². The number of hydrogen-bond donors (Lipinski definition) is 3. The van der Waals surface area contributed by atoms with Crippen LogP contribution in [-0.4, -0.2) is 41.7 Å². The molecule has 258 valence electrons. The van der Waals surface area contributed by atoms with E-state index in [0.717, 1.165) is 38.2 Å². The van der Waals surface area contributed by atoms with Crippen LogP contribution >= 0.6 is 0 Å². The van der Waals surface area contributed by atoms with Crippen molar-refractivity contribution in [2.45, 2.75) is 187 Å². The third kappa shape index (κ3) is 43.7. The fourth-order valence-corrected chi connectivity index (χ4v) is 5.34. The van der Waals surface area contributed by atoms with Crippen molar-refractivity contribution < 1.29 is 67.9 Å². The molecule has 0 fully saturated rings. The summed E-state index contributed by atoms with van der Waals surface area (Å²) >= 11 is 0. The zero-order valence-electron chi connectivity index (χ0n) is 29.7. The Hall–Kier alpha value is -0.450. The summed E-state index contributed by atoms with van der Waals surface area (Å²) in [5, 5.41) is 17.5. The van der Waals surface area contributed by atoms with Gasteiger partial charge in [-0.15, -0.1) is 0 Å². The average Bonchev–Trinajstić information content (AvgIpc) is 2.94. The molecule has 0 aromatic rings. The Labute approximate surface area is 294 Å². The van der Waals surface area contributed by atoms with Crippen molar-refractivity contribution in [3.8, 4) is 0 Å². The van der Waals surface area contributed by atoms with Crippen LogP contribution in [0.2, 0.25) is 0 Å². The van der Waals surface area contributed by atoms with E-state index >= 15 is 0 Å². The molecule has 0 aliphatic heterocycles. The predicted octanol–water partition coefficient (Wildman–Crippen LogP) is 7.58. The Kier molecular flexibility index (Phi) is 40.3. The molecule has 0 atom stereocenters. The zero-order valence-corrected chi connectivity index (χ0v) is 31.5. The molecule has 0 aliphatic carbocycles. The monoisotopic (exact) mass is 658 g/mol. The van der Waals surface area contributed by atoms with Crippen LogP contribution in [0.4, 0.5) is 0 Å². The molecule has 0 spiro atoms. The fraction of sp³-hybridized carbons (Fsp3) is 0.882. The van der Waals surface area contributed by atoms with Crippen LogP contribution < -0.4 is 29.6 Å². The Morgan fingerprint density at radius 3 is 1.14 bits per heavy atom. The largest absolute Gasteiger partial charge is 1.00 e. The number of rotatable bonds is 31. The predicted molar refractivity (Wildman–Crippen MR) is 178 cm³/mol. The van der Waals surface area contributed by atoms with E-state index in [-0.39, 0.29) is 43.2 Å². The number of unbranched alkanes of at least 4 members (excludes halogenated alkanes) is 24. The van der Waals surface area contributed by atoms with Gasteiger partial charge < -0.3 is 11.6 Å². The third-order valence-electron chi connectivity index (χ3n) is 7.60. The Balaban J connectivity index is -0.000000387. The van der Waals surface area contributed by atoms with E-state index in [2.05, 4.69) is 18.0 Å². The molecule has 0 aromatic carbocycles. The van der Waals surface area contributed by atoms with Crippen molar-refractivity contribution in [2.24, 2.45) is 0 Å². The second kappa shape index (κ2) is 37.0. The molecule has 0 unspecified atom stereocenters. The molecule has 44 heavy (non-hydrogen) atoms. The minimum Gasteiger partial charge on any atom is -1.00 e. The molecule has 0 bridgehead atoms. The third-order valence-corrected chi connectivity index (χ3v) is 8.07. The van der Waals surface area contributed by atoms with Crippen molar-refractivity contribution >= 4 is 22.3 Å². The van der Waals surface area contributed by atoms with Gasteiger partial charge in [0.15, 0.2) is 0 Å². The SMILES string of the molecule is CCCCCCCCCCCCCCCCCC/C(=C\C(=O)O)C(=O)O.CCCCCCCCCCCCOS(=O)(=O)O.[H-].[Na+]. The maximum Gasteiger partial charge on any atom is 1.00 e. The van der Waals surface area contributed by atoms with E-state index < -0.39 is 22.3 Å².